The number of nitrogens with zero attached hydrogens (tertiary/aromatic N) is 1. The molecule has 3 heteroatoms. The predicted molar refractivity (Wildman–Crippen MR) is 45.8 cm³/mol. The largest absolute Gasteiger partial charge is 0.229 e. The van der Waals surface area contributed by atoms with Crippen LogP contribution in [0.5, 0.6) is 0 Å². The first-order valence-corrected chi connectivity index (χ1v) is 4.60. The molecule has 0 saturated carbocycles. The van der Waals surface area contributed by atoms with Crippen LogP contribution in [0.4, 0.5) is 0 Å². The summed E-state index contributed by atoms with van der Waals surface area (Å²) >= 11 is 7.30. The normalized spacial score (nSPS) is 13.5. The van der Waals surface area contributed by atoms with Gasteiger partial charge in [-0.3, -0.25) is 0 Å². The molecular weight excluding hydrogens is 166 g/mol. The average molecular weight is 176 g/mol. The van der Waals surface area contributed by atoms with Gasteiger partial charge in [-0.15, -0.1) is 11.3 Å². The van der Waals surface area contributed by atoms with E-state index in [1.807, 2.05) is 5.38 Å². The number of aromatic nitrogens is 1. The van der Waals surface area contributed by atoms with Gasteiger partial charge >= 0.3 is 0 Å². The fraction of sp³-hybridized carbons (Fsp3) is 0.571. The van der Waals surface area contributed by atoms with Crippen molar-refractivity contribution in [1.82, 2.24) is 4.98 Å². The Labute approximate surface area is 70.1 Å². The van der Waals surface area contributed by atoms with E-state index in [4.69, 9.17) is 11.6 Å². The fourth-order valence-electron chi connectivity index (χ4n) is 0.668. The van der Waals surface area contributed by atoms with Crippen LogP contribution in [0.3, 0.4) is 0 Å². The van der Waals surface area contributed by atoms with Crippen molar-refractivity contribution in [2.45, 2.75) is 26.2 Å². The predicted octanol–water partition coefficient (Wildman–Crippen LogP) is 3.31. The summed E-state index contributed by atoms with van der Waals surface area (Å²) in [6.07, 6.45) is 1.13. The van der Waals surface area contributed by atoms with Gasteiger partial charge in [-0.05, 0) is 6.42 Å². The second-order valence-electron chi connectivity index (χ2n) is 2.32. The number of halogens is 1. The van der Waals surface area contributed by atoms with E-state index in [1.165, 1.54) is 0 Å². The summed E-state index contributed by atoms with van der Waals surface area (Å²) in [6, 6.07) is 0. The van der Waals surface area contributed by atoms with Gasteiger partial charge in [0.1, 0.15) is 5.15 Å². The summed E-state index contributed by atoms with van der Waals surface area (Å²) in [5.74, 6) is 0.553. The van der Waals surface area contributed by atoms with Crippen molar-refractivity contribution in [2.75, 3.05) is 0 Å². The van der Waals surface area contributed by atoms with E-state index >= 15 is 0 Å². The van der Waals surface area contributed by atoms with E-state index in [0.29, 0.717) is 11.1 Å². The lowest BCUT2D eigenvalue weighted by atomic mass is 10.1. The smallest absolute Gasteiger partial charge is 0.140 e. The van der Waals surface area contributed by atoms with E-state index in [1.54, 1.807) is 11.3 Å². The molecule has 10 heavy (non-hydrogen) atoms. The van der Waals surface area contributed by atoms with Gasteiger partial charge < -0.3 is 0 Å². The molecule has 1 heterocycles. The van der Waals surface area contributed by atoms with Gasteiger partial charge in [0.05, 0.1) is 5.01 Å². The first kappa shape index (κ1) is 8.02. The van der Waals surface area contributed by atoms with Crippen LogP contribution in [0.15, 0.2) is 5.38 Å². The van der Waals surface area contributed by atoms with Gasteiger partial charge in [-0.2, -0.15) is 0 Å². The van der Waals surface area contributed by atoms with Crippen LogP contribution in [0.25, 0.3) is 0 Å². The van der Waals surface area contributed by atoms with E-state index in [9.17, 15) is 0 Å². The third-order valence-electron chi connectivity index (χ3n) is 1.53. The maximum atomic E-state index is 5.66. The Balaban J connectivity index is 2.74. The average Bonchev–Trinajstić information content (AvgIpc) is 2.34. The molecule has 1 aromatic rings. The van der Waals surface area contributed by atoms with Crippen molar-refractivity contribution >= 4 is 22.9 Å². The van der Waals surface area contributed by atoms with E-state index in [-0.39, 0.29) is 0 Å². The zero-order valence-electron chi connectivity index (χ0n) is 6.10. The minimum atomic E-state index is 0.553. The van der Waals surface area contributed by atoms with Gasteiger partial charge in [0.15, 0.2) is 0 Å². The number of hydrogen-bond acceptors (Lipinski definition) is 2. The Morgan fingerprint density at radius 2 is 2.50 bits per heavy atom. The third kappa shape index (κ3) is 1.70. The van der Waals surface area contributed by atoms with Gasteiger partial charge in [0.25, 0.3) is 0 Å². The van der Waals surface area contributed by atoms with Crippen LogP contribution in [0.1, 0.15) is 31.2 Å². The van der Waals surface area contributed by atoms with Crippen molar-refractivity contribution in [2.24, 2.45) is 0 Å². The summed E-state index contributed by atoms with van der Waals surface area (Å²) in [7, 11) is 0. The van der Waals surface area contributed by atoms with E-state index < -0.39 is 0 Å². The zero-order chi connectivity index (χ0) is 7.56. The molecule has 1 nitrogen and oxygen atoms in total. The van der Waals surface area contributed by atoms with Crippen molar-refractivity contribution in [3.05, 3.63) is 15.5 Å². The monoisotopic (exact) mass is 175 g/mol. The standard InChI is InChI=1S/C7H10ClNS/c1-3-5(2)7-9-6(8)4-10-7/h4-5H,3H2,1-2H3. The zero-order valence-corrected chi connectivity index (χ0v) is 7.67. The lowest BCUT2D eigenvalue weighted by Crippen LogP contribution is -1.88. The molecule has 1 atom stereocenters. The lowest BCUT2D eigenvalue weighted by Gasteiger charge is -2.00. The van der Waals surface area contributed by atoms with Gasteiger partial charge in [-0.1, -0.05) is 25.4 Å². The molecule has 0 N–H and O–H groups in total. The molecule has 0 aromatic carbocycles. The molecule has 1 rings (SSSR count). The molecule has 0 radical (unpaired) electrons. The second-order valence-corrected chi connectivity index (χ2v) is 3.59. The molecule has 56 valence electrons. The first-order valence-electron chi connectivity index (χ1n) is 3.35. The molecular formula is C7H10ClNS. The Hall–Kier alpha value is -0.0800. The van der Waals surface area contributed by atoms with Crippen LogP contribution in [0, 0.1) is 0 Å². The van der Waals surface area contributed by atoms with Gasteiger partial charge in [0.2, 0.25) is 0 Å². The summed E-state index contributed by atoms with van der Waals surface area (Å²) < 4.78 is 0. The van der Waals surface area contributed by atoms with Crippen LogP contribution in [-0.4, -0.2) is 4.98 Å². The minimum absolute atomic E-state index is 0.553. The van der Waals surface area contributed by atoms with Crippen molar-refractivity contribution in [3.63, 3.8) is 0 Å². The molecule has 0 spiro atoms. The molecule has 0 aliphatic carbocycles. The van der Waals surface area contributed by atoms with Gasteiger partial charge in [-0.25, -0.2) is 4.98 Å². The minimum Gasteiger partial charge on any atom is -0.229 e. The maximum Gasteiger partial charge on any atom is 0.140 e. The van der Waals surface area contributed by atoms with Crippen LogP contribution in [-0.2, 0) is 0 Å². The molecule has 0 bridgehead atoms. The highest BCUT2D eigenvalue weighted by Gasteiger charge is 2.06. The molecule has 0 fully saturated rings. The number of rotatable bonds is 2. The van der Waals surface area contributed by atoms with E-state index in [2.05, 4.69) is 18.8 Å². The SMILES string of the molecule is CCC(C)c1nc(Cl)cs1. The number of thiazole rings is 1. The molecule has 0 saturated heterocycles. The Kier molecular flexibility index (Phi) is 2.69. The van der Waals surface area contributed by atoms with Crippen LogP contribution >= 0.6 is 22.9 Å². The highest BCUT2D eigenvalue weighted by atomic mass is 35.5. The Morgan fingerprint density at radius 1 is 1.80 bits per heavy atom. The molecule has 1 unspecified atom stereocenters. The first-order chi connectivity index (χ1) is 4.74. The third-order valence-corrected chi connectivity index (χ3v) is 2.93. The molecule has 0 amide bonds. The van der Waals surface area contributed by atoms with Crippen LogP contribution in [0.2, 0.25) is 5.15 Å². The highest BCUT2D eigenvalue weighted by Crippen LogP contribution is 2.24. The molecule has 1 aromatic heterocycles. The highest BCUT2D eigenvalue weighted by molar-refractivity contribution is 7.10. The number of hydrogen-bond donors (Lipinski definition) is 0. The molecule has 0 aliphatic rings. The van der Waals surface area contributed by atoms with Crippen molar-refractivity contribution < 1.29 is 0 Å². The van der Waals surface area contributed by atoms with Crippen molar-refractivity contribution in [3.8, 4) is 0 Å². The maximum absolute atomic E-state index is 5.66. The fourth-order valence-corrected chi connectivity index (χ4v) is 1.76. The summed E-state index contributed by atoms with van der Waals surface area (Å²) in [6.45, 7) is 4.31. The summed E-state index contributed by atoms with van der Waals surface area (Å²) in [4.78, 5) is 4.17. The lowest BCUT2D eigenvalue weighted by molar-refractivity contribution is 0.727. The van der Waals surface area contributed by atoms with Crippen LogP contribution < -0.4 is 0 Å². The quantitative estimate of drug-likeness (QED) is 0.672. The van der Waals surface area contributed by atoms with Crippen molar-refractivity contribution in [1.29, 1.82) is 0 Å². The Bertz CT molecular complexity index is 209. The van der Waals surface area contributed by atoms with E-state index in [0.717, 1.165) is 11.4 Å². The second kappa shape index (κ2) is 3.35. The summed E-state index contributed by atoms with van der Waals surface area (Å²) in [5.41, 5.74) is 0. The summed E-state index contributed by atoms with van der Waals surface area (Å²) in [5, 5.41) is 3.65. The Morgan fingerprint density at radius 3 is 2.90 bits per heavy atom. The topological polar surface area (TPSA) is 12.9 Å². The molecule has 0 aliphatic heterocycles. The van der Waals surface area contributed by atoms with Gasteiger partial charge in [0, 0.05) is 11.3 Å².